The molecule has 0 aromatic carbocycles. The molecule has 10 heteroatoms. The van der Waals surface area contributed by atoms with Gasteiger partial charge in [0.2, 0.25) is 0 Å². The summed E-state index contributed by atoms with van der Waals surface area (Å²) in [6.07, 6.45) is 15.9. The number of nitriles is 2. The zero-order valence-corrected chi connectivity index (χ0v) is 32.8. The van der Waals surface area contributed by atoms with Gasteiger partial charge in [-0.15, -0.1) is 68.0 Å². The number of rotatable bonds is 4. The highest BCUT2D eigenvalue weighted by atomic mass is 32.1. The van der Waals surface area contributed by atoms with E-state index in [-0.39, 0.29) is 22.2 Å². The topological polar surface area (TPSA) is 56.3 Å². The van der Waals surface area contributed by atoms with Gasteiger partial charge in [-0.2, -0.15) is 20.2 Å². The van der Waals surface area contributed by atoms with Crippen molar-refractivity contribution < 1.29 is 0 Å². The van der Waals surface area contributed by atoms with Gasteiger partial charge < -0.3 is 0 Å². The second-order valence-electron chi connectivity index (χ2n) is 14.2. The van der Waals surface area contributed by atoms with Crippen molar-refractivity contribution in [2.24, 2.45) is 0 Å². The van der Waals surface area contributed by atoms with Crippen LogP contribution in [0.4, 0.5) is 0 Å². The summed E-state index contributed by atoms with van der Waals surface area (Å²) in [5, 5.41) is 18.6. The molecule has 10 rings (SSSR count). The lowest BCUT2D eigenvalue weighted by molar-refractivity contribution is 0.355. The van der Waals surface area contributed by atoms with Crippen LogP contribution in [0.3, 0.4) is 0 Å². The van der Waals surface area contributed by atoms with Gasteiger partial charge in [0.05, 0.1) is 19.2 Å². The van der Waals surface area contributed by atoms with Gasteiger partial charge in [-0.3, -0.25) is 0 Å². The fraction of sp³-hybridized carbons (Fsp3) is 0.286. The Morgan fingerprint density at radius 3 is 1.48 bits per heavy atom. The Hall–Kier alpha value is -4.10. The van der Waals surface area contributed by atoms with Crippen LogP contribution < -0.4 is 0 Å². The molecular weight excluding hydrogens is 753 g/mol. The van der Waals surface area contributed by atoms with Crippen molar-refractivity contribution in [1.82, 2.24) is 0 Å². The number of fused-ring (bicyclic) bond motifs is 13. The van der Waals surface area contributed by atoms with E-state index >= 15 is 0 Å². The van der Waals surface area contributed by atoms with E-state index in [1.807, 2.05) is 40.9 Å². The molecule has 2 fully saturated rings. The Labute approximate surface area is 326 Å². The summed E-state index contributed by atoms with van der Waals surface area (Å²) in [7, 11) is 0. The lowest BCUT2D eigenvalue weighted by Crippen LogP contribution is -2.28. The summed E-state index contributed by atoms with van der Waals surface area (Å²) in [5.74, 6) is 0.112. The zero-order chi connectivity index (χ0) is 35.2. The van der Waals surface area contributed by atoms with Crippen molar-refractivity contribution in [1.29, 1.82) is 10.5 Å². The van der Waals surface area contributed by atoms with Gasteiger partial charge in [-0.1, -0.05) is 38.5 Å². The van der Waals surface area contributed by atoms with Gasteiger partial charge in [0.1, 0.15) is 30.9 Å². The van der Waals surface area contributed by atoms with Gasteiger partial charge in [-0.05, 0) is 79.3 Å². The predicted octanol–water partition coefficient (Wildman–Crippen LogP) is 14.6. The summed E-state index contributed by atoms with van der Waals surface area (Å²) < 4.78 is 3.11. The second-order valence-corrected chi connectivity index (χ2v) is 20.6. The van der Waals surface area contributed by atoms with Crippen LogP contribution in [0.15, 0.2) is 47.8 Å². The van der Waals surface area contributed by atoms with Crippen LogP contribution in [-0.2, 0) is 10.8 Å². The largest absolute Gasteiger partial charge is 0.520 e. The lowest BCUT2D eigenvalue weighted by atomic mass is 9.67. The Balaban J connectivity index is 1.11. The molecular formula is C42H28N4S6. The minimum atomic E-state index is 0.0723. The standard InChI is InChI=1S/C42H28N4S6/c1-45-32(46-2)18-25-10-12-29(48-25)31-20-27-36(50-31)38-34(42(27)15-7-4-8-16-42)40-39(52-38)33-37(51-40)35-26(41(33)13-5-3-6-14-41)19-30(49-35)28-11-9-24(47-28)17-23(21-43)22-44/h9-12,17-20H,3-8,13-16H2. The van der Waals surface area contributed by atoms with Crippen LogP contribution in [0, 0.1) is 35.8 Å². The summed E-state index contributed by atoms with van der Waals surface area (Å²) in [4.78, 5) is 19.7. The first-order valence-corrected chi connectivity index (χ1v) is 22.5. The van der Waals surface area contributed by atoms with Crippen LogP contribution in [-0.4, -0.2) is 0 Å². The van der Waals surface area contributed by atoms with E-state index in [1.165, 1.54) is 109 Å². The van der Waals surface area contributed by atoms with E-state index in [2.05, 4.69) is 62.7 Å². The molecule has 0 bridgehead atoms. The molecule has 252 valence electrons. The predicted molar refractivity (Wildman–Crippen MR) is 221 cm³/mol. The maximum Gasteiger partial charge on any atom is 0.520 e. The molecule has 52 heavy (non-hydrogen) atoms. The Morgan fingerprint density at radius 1 is 0.577 bits per heavy atom. The van der Waals surface area contributed by atoms with Crippen LogP contribution in [0.2, 0.25) is 0 Å². The molecule has 2 saturated carbocycles. The molecule has 0 saturated heterocycles. The number of hydrogen-bond donors (Lipinski definition) is 0. The molecule has 0 N–H and O–H groups in total. The molecule has 6 aromatic heterocycles. The summed E-state index contributed by atoms with van der Waals surface area (Å²) in [6.45, 7) is 14.6. The van der Waals surface area contributed by atoms with E-state index in [0.29, 0.717) is 0 Å². The first-order chi connectivity index (χ1) is 25.5. The third kappa shape index (κ3) is 4.60. The average molecular weight is 781 g/mol. The molecule has 0 atom stereocenters. The third-order valence-electron chi connectivity index (χ3n) is 11.6. The van der Waals surface area contributed by atoms with Gasteiger partial charge in [0.15, 0.2) is 0 Å². The molecule has 0 amide bonds. The van der Waals surface area contributed by atoms with E-state index in [0.717, 1.165) is 9.75 Å². The highest BCUT2D eigenvalue weighted by molar-refractivity contribution is 7.35. The van der Waals surface area contributed by atoms with E-state index in [1.54, 1.807) is 60.9 Å². The maximum atomic E-state index is 9.30. The van der Waals surface area contributed by atoms with Crippen molar-refractivity contribution in [3.05, 3.63) is 103 Å². The molecule has 0 aliphatic heterocycles. The fourth-order valence-corrected chi connectivity index (χ4v) is 17.5. The van der Waals surface area contributed by atoms with Crippen molar-refractivity contribution >= 4 is 89.6 Å². The van der Waals surface area contributed by atoms with Gasteiger partial charge >= 0.3 is 5.82 Å². The normalized spacial score (nSPS) is 17.1. The molecule has 4 aliphatic rings. The zero-order valence-electron chi connectivity index (χ0n) is 27.9. The molecule has 6 heterocycles. The highest BCUT2D eigenvalue weighted by Crippen LogP contribution is 2.70. The summed E-state index contributed by atoms with van der Waals surface area (Å²) in [5.41, 5.74) is 6.64. The van der Waals surface area contributed by atoms with E-state index in [9.17, 15) is 10.5 Å². The van der Waals surface area contributed by atoms with Crippen molar-refractivity contribution in [2.45, 2.75) is 75.0 Å². The fourth-order valence-electron chi connectivity index (χ4n) is 9.39. The van der Waals surface area contributed by atoms with E-state index in [4.69, 9.17) is 13.1 Å². The van der Waals surface area contributed by atoms with Crippen LogP contribution in [0.5, 0.6) is 0 Å². The minimum absolute atomic E-state index is 0.0723. The van der Waals surface area contributed by atoms with E-state index < -0.39 is 0 Å². The molecule has 6 aromatic rings. The Kier molecular flexibility index (Phi) is 7.65. The maximum absolute atomic E-state index is 9.30. The van der Waals surface area contributed by atoms with Gasteiger partial charge in [0.25, 0.3) is 0 Å². The first-order valence-electron chi connectivity index (χ1n) is 17.6. The summed E-state index contributed by atoms with van der Waals surface area (Å²) >= 11 is 11.4. The molecule has 0 radical (unpaired) electrons. The highest BCUT2D eigenvalue weighted by Gasteiger charge is 2.52. The van der Waals surface area contributed by atoms with Crippen LogP contribution >= 0.6 is 68.0 Å². The number of thiophene rings is 6. The lowest BCUT2D eigenvalue weighted by Gasteiger charge is -2.35. The Morgan fingerprint density at radius 2 is 1.04 bits per heavy atom. The second kappa shape index (κ2) is 12.2. The molecule has 4 nitrogen and oxygen atoms in total. The van der Waals surface area contributed by atoms with Crippen LogP contribution in [0.25, 0.3) is 70.3 Å². The molecule has 4 aliphatic carbocycles. The smallest absolute Gasteiger partial charge is 0.192 e. The number of allylic oxidation sites excluding steroid dienone is 1. The number of nitrogens with zero attached hydrogens (tertiary/aromatic N) is 4. The quantitative estimate of drug-likeness (QED) is 0.132. The van der Waals surface area contributed by atoms with Gasteiger partial charge in [-0.25, -0.2) is 0 Å². The average Bonchev–Trinajstić information content (AvgIpc) is 4.03. The van der Waals surface area contributed by atoms with Crippen molar-refractivity contribution in [3.63, 3.8) is 0 Å². The van der Waals surface area contributed by atoms with Gasteiger partial charge in [0, 0.05) is 67.1 Å². The first kappa shape index (κ1) is 32.5. The number of hydrogen-bond acceptors (Lipinski definition) is 8. The monoisotopic (exact) mass is 780 g/mol. The Bertz CT molecular complexity index is 2490. The molecule has 0 unspecified atom stereocenters. The SMILES string of the molecule is [C-]#[N+]C(=Cc1ccc(-c2cc3c(s2)-c2sc4c5c(sc4c2C32CCCCC2)-c2sc(-c3ccc(C=C(C#N)C#N)s3)cc2C52CCCCC2)s1)[N+]#[C-]. The summed E-state index contributed by atoms with van der Waals surface area (Å²) in [6, 6.07) is 17.4. The van der Waals surface area contributed by atoms with Crippen LogP contribution in [0.1, 0.15) is 96.2 Å². The molecule has 2 spiro atoms. The minimum Gasteiger partial charge on any atom is -0.192 e. The third-order valence-corrected chi connectivity index (χ3v) is 19.2. The van der Waals surface area contributed by atoms with Crippen molar-refractivity contribution in [3.8, 4) is 51.2 Å². The van der Waals surface area contributed by atoms with Crippen molar-refractivity contribution in [2.75, 3.05) is 0 Å².